The van der Waals surface area contributed by atoms with Gasteiger partial charge in [-0.2, -0.15) is 0 Å². The minimum Gasteiger partial charge on any atom is -0.382 e. The van der Waals surface area contributed by atoms with E-state index < -0.39 is 30.1 Å². The van der Waals surface area contributed by atoms with Gasteiger partial charge in [-0.25, -0.2) is 19.4 Å². The average Bonchev–Trinajstić information content (AvgIpc) is 3.19. The largest absolute Gasteiger partial charge is 0.382 e. The number of amidine groups is 1. The van der Waals surface area contributed by atoms with Gasteiger partial charge in [0.15, 0.2) is 6.10 Å². The molecular weight excluding hydrogens is 399 g/mol. The van der Waals surface area contributed by atoms with Gasteiger partial charge in [0.25, 0.3) is 5.91 Å². The number of rotatable bonds is 3. The van der Waals surface area contributed by atoms with Gasteiger partial charge >= 0.3 is 0 Å². The van der Waals surface area contributed by atoms with Crippen molar-refractivity contribution in [1.82, 2.24) is 19.7 Å². The van der Waals surface area contributed by atoms with Crippen molar-refractivity contribution in [2.45, 2.75) is 38.6 Å². The number of aliphatic imine (C=N–C) groups is 1. The standard InChI is InChI=1S/C22H23FN6O2/c1-12-11-26-20(24)17-19(27-13(2)29(12)17)22(3)7-8-25-16(10-22)28-21(31)18(30)14-5-4-6-15(23)9-14/h4-9,11,18,30H,10H2,1-3H3,(H2,24,26)(H,25,28,31)/t18-,22?/m1/s1/i2D3. The number of hydrogen-bond acceptors (Lipinski definition) is 6. The smallest absolute Gasteiger partial charge is 0.258 e. The monoisotopic (exact) mass is 425 g/mol. The van der Waals surface area contributed by atoms with Crippen molar-refractivity contribution in [3.63, 3.8) is 0 Å². The van der Waals surface area contributed by atoms with Crippen LogP contribution in [-0.2, 0) is 10.2 Å². The van der Waals surface area contributed by atoms with Gasteiger partial charge in [0.1, 0.15) is 28.8 Å². The summed E-state index contributed by atoms with van der Waals surface area (Å²) in [5, 5.41) is 12.9. The molecule has 2 aromatic heterocycles. The van der Waals surface area contributed by atoms with Gasteiger partial charge in [0, 0.05) is 34.0 Å². The Morgan fingerprint density at radius 1 is 1.48 bits per heavy atom. The molecule has 1 aliphatic rings. The maximum absolute atomic E-state index is 13.5. The van der Waals surface area contributed by atoms with Crippen molar-refractivity contribution in [3.8, 4) is 0 Å². The Hall–Kier alpha value is -3.59. The predicted molar refractivity (Wildman–Crippen MR) is 115 cm³/mol. The first-order valence-corrected chi connectivity index (χ1v) is 9.54. The van der Waals surface area contributed by atoms with Crippen molar-refractivity contribution in [1.29, 1.82) is 0 Å². The van der Waals surface area contributed by atoms with Gasteiger partial charge in [0.05, 0.1) is 5.69 Å². The van der Waals surface area contributed by atoms with Crippen LogP contribution in [0, 0.1) is 19.6 Å². The number of halogens is 1. The Labute approximate surface area is 182 Å². The van der Waals surface area contributed by atoms with E-state index in [0.29, 0.717) is 16.9 Å². The molecule has 1 amide bonds. The molecule has 0 bridgehead atoms. The maximum atomic E-state index is 13.5. The number of aliphatic hydroxyl groups excluding tert-OH is 1. The molecule has 0 radical (unpaired) electrons. The van der Waals surface area contributed by atoms with Crippen molar-refractivity contribution in [3.05, 3.63) is 71.3 Å². The SMILES string of the molecule is [2H]C([2H])([2H])c1nc(C2(C)C=CN=C(NC(=O)[C@H](O)c3cccc(F)c3)C2)c2c(N)ncc(C)n12. The number of fused-ring (bicyclic) bond motifs is 1. The fourth-order valence-electron chi connectivity index (χ4n) is 3.70. The number of nitrogens with two attached hydrogens (primary N) is 1. The number of nitrogen functional groups attached to an aromatic ring is 1. The van der Waals surface area contributed by atoms with E-state index in [2.05, 4.69) is 20.3 Å². The van der Waals surface area contributed by atoms with E-state index in [4.69, 9.17) is 9.85 Å². The molecule has 9 heteroatoms. The van der Waals surface area contributed by atoms with E-state index >= 15 is 0 Å². The summed E-state index contributed by atoms with van der Waals surface area (Å²) < 4.78 is 38.7. The van der Waals surface area contributed by atoms with E-state index in [1.807, 2.05) is 0 Å². The number of allylic oxidation sites excluding steroid dienone is 1. The summed E-state index contributed by atoms with van der Waals surface area (Å²) in [5.41, 5.74) is 6.63. The lowest BCUT2D eigenvalue weighted by atomic mass is 9.81. The summed E-state index contributed by atoms with van der Waals surface area (Å²) in [6.07, 6.45) is 3.20. The van der Waals surface area contributed by atoms with E-state index in [1.165, 1.54) is 35.0 Å². The van der Waals surface area contributed by atoms with Crippen LogP contribution >= 0.6 is 0 Å². The number of carbonyl (C=O) groups excluding carboxylic acids is 1. The summed E-state index contributed by atoms with van der Waals surface area (Å²) in [4.78, 5) is 25.4. The quantitative estimate of drug-likeness (QED) is 0.596. The number of benzene rings is 1. The third kappa shape index (κ3) is 3.68. The van der Waals surface area contributed by atoms with E-state index in [-0.39, 0.29) is 29.5 Å². The number of hydrogen-bond donors (Lipinski definition) is 3. The lowest BCUT2D eigenvalue weighted by Crippen LogP contribution is -2.39. The zero-order chi connectivity index (χ0) is 24.8. The molecule has 1 aliphatic heterocycles. The lowest BCUT2D eigenvalue weighted by Gasteiger charge is -2.28. The second-order valence-electron chi connectivity index (χ2n) is 7.69. The van der Waals surface area contributed by atoms with Crippen LogP contribution in [0.5, 0.6) is 0 Å². The van der Waals surface area contributed by atoms with Gasteiger partial charge in [-0.3, -0.25) is 9.20 Å². The molecule has 3 aromatic rings. The van der Waals surface area contributed by atoms with Crippen LogP contribution in [0.4, 0.5) is 10.2 Å². The predicted octanol–water partition coefficient (Wildman–Crippen LogP) is 2.49. The summed E-state index contributed by atoms with van der Waals surface area (Å²) in [7, 11) is 0. The minimum atomic E-state index is -2.51. The second-order valence-corrected chi connectivity index (χ2v) is 7.69. The van der Waals surface area contributed by atoms with Crippen LogP contribution < -0.4 is 11.1 Å². The molecule has 3 heterocycles. The van der Waals surface area contributed by atoms with Crippen molar-refractivity contribution >= 4 is 23.1 Å². The molecule has 2 atom stereocenters. The number of nitrogens with one attached hydrogen (secondary N) is 1. The molecule has 0 saturated heterocycles. The van der Waals surface area contributed by atoms with Gasteiger partial charge in [-0.15, -0.1) is 0 Å². The molecule has 0 aliphatic carbocycles. The Morgan fingerprint density at radius 3 is 3.03 bits per heavy atom. The van der Waals surface area contributed by atoms with E-state index in [0.717, 1.165) is 6.07 Å². The summed E-state index contributed by atoms with van der Waals surface area (Å²) in [6.45, 7) is 1.01. The number of nitrogens with zero attached hydrogens (tertiary/aromatic N) is 4. The lowest BCUT2D eigenvalue weighted by molar-refractivity contribution is -0.128. The molecule has 0 fully saturated rings. The number of amides is 1. The van der Waals surface area contributed by atoms with Crippen LogP contribution in [0.15, 0.2) is 47.7 Å². The van der Waals surface area contributed by atoms with Gasteiger partial charge in [-0.1, -0.05) is 18.2 Å². The highest BCUT2D eigenvalue weighted by atomic mass is 19.1. The molecular formula is C22H23FN6O2. The fourth-order valence-corrected chi connectivity index (χ4v) is 3.70. The van der Waals surface area contributed by atoms with Gasteiger partial charge in [0.2, 0.25) is 0 Å². The van der Waals surface area contributed by atoms with E-state index in [1.54, 1.807) is 19.9 Å². The molecule has 1 aromatic carbocycles. The van der Waals surface area contributed by atoms with Crippen LogP contribution in [0.2, 0.25) is 0 Å². The molecule has 1 unspecified atom stereocenters. The minimum absolute atomic E-state index is 0.101. The van der Waals surface area contributed by atoms with Crippen LogP contribution in [0.3, 0.4) is 0 Å². The summed E-state index contributed by atoms with van der Waals surface area (Å²) in [6, 6.07) is 5.11. The van der Waals surface area contributed by atoms with Crippen molar-refractivity contribution in [2.75, 3.05) is 5.73 Å². The first-order valence-electron chi connectivity index (χ1n) is 11.0. The number of carbonyl (C=O) groups is 1. The van der Waals surface area contributed by atoms with Gasteiger partial charge < -0.3 is 16.2 Å². The number of imidazole rings is 1. The molecule has 8 nitrogen and oxygen atoms in total. The molecule has 0 spiro atoms. The highest BCUT2D eigenvalue weighted by Gasteiger charge is 2.35. The van der Waals surface area contributed by atoms with Gasteiger partial charge in [-0.05, 0) is 38.4 Å². The third-order valence-electron chi connectivity index (χ3n) is 5.29. The van der Waals surface area contributed by atoms with Crippen LogP contribution in [-0.4, -0.2) is 31.2 Å². The topological polar surface area (TPSA) is 118 Å². The van der Waals surface area contributed by atoms with Crippen LogP contribution in [0.1, 0.15) is 46.3 Å². The zero-order valence-electron chi connectivity index (χ0n) is 19.9. The third-order valence-corrected chi connectivity index (χ3v) is 5.29. The molecule has 0 saturated carbocycles. The highest BCUT2D eigenvalue weighted by molar-refractivity contribution is 6.01. The highest BCUT2D eigenvalue weighted by Crippen LogP contribution is 2.36. The normalized spacial score (nSPS) is 21.2. The average molecular weight is 425 g/mol. The Kier molecular flexibility index (Phi) is 4.19. The zero-order valence-corrected chi connectivity index (χ0v) is 16.9. The van der Waals surface area contributed by atoms with E-state index in [9.17, 15) is 14.3 Å². The molecule has 4 rings (SSSR count). The molecule has 160 valence electrons. The fraction of sp³-hybridized carbons (Fsp3) is 0.273. The Bertz CT molecular complexity index is 1350. The molecule has 31 heavy (non-hydrogen) atoms. The molecule has 4 N–H and O–H groups in total. The number of anilines is 1. The van der Waals surface area contributed by atoms with Crippen molar-refractivity contribution < 1.29 is 18.4 Å². The number of aliphatic hydroxyl groups is 1. The second kappa shape index (κ2) is 7.59. The summed E-state index contributed by atoms with van der Waals surface area (Å²) >= 11 is 0. The summed E-state index contributed by atoms with van der Waals surface area (Å²) in [5.74, 6) is -1.16. The Morgan fingerprint density at radius 2 is 2.29 bits per heavy atom. The number of aromatic nitrogens is 3. The Balaban J connectivity index is 1.67. The first-order chi connectivity index (χ1) is 15.9. The maximum Gasteiger partial charge on any atom is 0.258 e. The number of aryl methyl sites for hydroxylation is 2. The first kappa shape index (κ1) is 17.1. The van der Waals surface area contributed by atoms with Crippen LogP contribution in [0.25, 0.3) is 5.52 Å². The van der Waals surface area contributed by atoms with Crippen molar-refractivity contribution in [2.24, 2.45) is 4.99 Å².